The Kier molecular flexibility index (Phi) is 6.99. The molecule has 0 aromatic heterocycles. The van der Waals surface area contributed by atoms with Crippen LogP contribution in [0, 0.1) is 11.8 Å². The summed E-state index contributed by atoms with van der Waals surface area (Å²) in [5.41, 5.74) is 3.52. The molecule has 1 amide bonds. The van der Waals surface area contributed by atoms with E-state index < -0.39 is 0 Å². The lowest BCUT2D eigenvalue weighted by Crippen LogP contribution is -2.55. The Morgan fingerprint density at radius 3 is 2.91 bits per heavy atom. The summed E-state index contributed by atoms with van der Waals surface area (Å²) in [5, 5.41) is 12.0. The van der Waals surface area contributed by atoms with Gasteiger partial charge in [-0.1, -0.05) is 66.3 Å². The highest BCUT2D eigenvalue weighted by Crippen LogP contribution is 2.38. The molecule has 2 aliphatic heterocycles. The predicted octanol–water partition coefficient (Wildman–Crippen LogP) is 4.10. The number of para-hydroxylation sites is 1. The summed E-state index contributed by atoms with van der Waals surface area (Å²) in [6.07, 6.45) is 10.6. The van der Waals surface area contributed by atoms with E-state index in [4.69, 9.17) is 10.1 Å². The molecule has 1 aliphatic carbocycles. The van der Waals surface area contributed by atoms with Crippen molar-refractivity contribution in [1.29, 1.82) is 0 Å². The molecule has 0 bridgehead atoms. The Labute approximate surface area is 194 Å². The van der Waals surface area contributed by atoms with E-state index in [0.717, 1.165) is 36.3 Å². The van der Waals surface area contributed by atoms with E-state index in [-0.39, 0.29) is 12.1 Å². The minimum absolute atomic E-state index is 0.111. The molecule has 0 fully saturated rings. The first-order valence-corrected chi connectivity index (χ1v) is 12.4. The summed E-state index contributed by atoms with van der Waals surface area (Å²) in [4.78, 5) is 18.2. The number of benzene rings is 1. The van der Waals surface area contributed by atoms with Crippen molar-refractivity contribution in [3.8, 4) is 0 Å². The van der Waals surface area contributed by atoms with Gasteiger partial charge < -0.3 is 0 Å². The number of amidine groups is 1. The fourth-order valence-corrected chi connectivity index (χ4v) is 5.27. The molecule has 0 unspecified atom stereocenters. The van der Waals surface area contributed by atoms with Gasteiger partial charge in [-0.2, -0.15) is 0 Å². The summed E-state index contributed by atoms with van der Waals surface area (Å²) < 4.78 is 0. The molecule has 4 rings (SSSR count). The average Bonchev–Trinajstić information content (AvgIpc) is 2.77. The molecule has 1 aromatic rings. The number of hydrogen-bond donors (Lipinski definition) is 1. The van der Waals surface area contributed by atoms with Crippen LogP contribution in [-0.2, 0) is 4.79 Å². The lowest BCUT2D eigenvalue weighted by molar-refractivity contribution is -0.116. The van der Waals surface area contributed by atoms with Crippen molar-refractivity contribution in [3.63, 3.8) is 0 Å². The van der Waals surface area contributed by atoms with Gasteiger partial charge in [-0.25, -0.2) is 5.01 Å². The van der Waals surface area contributed by atoms with Crippen molar-refractivity contribution in [2.24, 2.45) is 21.9 Å². The maximum Gasteiger partial charge on any atom is 0.276 e. The number of hydrogen-bond acceptors (Lipinski definition) is 5. The van der Waals surface area contributed by atoms with Crippen LogP contribution in [0.5, 0.6) is 0 Å². The third-order valence-electron chi connectivity index (χ3n) is 6.28. The van der Waals surface area contributed by atoms with Crippen molar-refractivity contribution in [3.05, 3.63) is 70.8 Å². The first kappa shape index (κ1) is 22.6. The molecule has 168 valence electrons. The van der Waals surface area contributed by atoms with E-state index in [1.807, 2.05) is 35.4 Å². The largest absolute Gasteiger partial charge is 0.298 e. The lowest BCUT2D eigenvalue weighted by atomic mass is 9.77. The number of thioether (sulfide) groups is 1. The molecular formula is C26H32N4OS. The zero-order valence-electron chi connectivity index (χ0n) is 19.2. The Morgan fingerprint density at radius 1 is 1.34 bits per heavy atom. The van der Waals surface area contributed by atoms with Crippen LogP contribution in [0.4, 0.5) is 0 Å². The molecule has 0 radical (unpaired) electrons. The van der Waals surface area contributed by atoms with Crippen molar-refractivity contribution in [1.82, 2.24) is 10.3 Å². The van der Waals surface area contributed by atoms with Gasteiger partial charge in [-0.3, -0.25) is 15.1 Å². The van der Waals surface area contributed by atoms with Gasteiger partial charge >= 0.3 is 0 Å². The second kappa shape index (κ2) is 9.90. The molecule has 1 N–H and O–H groups in total. The molecule has 5 nitrogen and oxygen atoms in total. The summed E-state index contributed by atoms with van der Waals surface area (Å²) in [6.45, 7) is 10.4. The first-order valence-electron chi connectivity index (χ1n) is 11.4. The lowest BCUT2D eigenvalue weighted by Gasteiger charge is -2.41. The molecule has 6 heteroatoms. The number of nitrogens with one attached hydrogen (secondary N) is 1. The summed E-state index contributed by atoms with van der Waals surface area (Å²) >= 11 is 1.49. The molecule has 3 aliphatic rings. The number of rotatable bonds is 6. The Hall–Kier alpha value is -2.60. The summed E-state index contributed by atoms with van der Waals surface area (Å²) in [5.74, 6) is 1.34. The van der Waals surface area contributed by atoms with Crippen molar-refractivity contribution in [2.45, 2.75) is 52.6 Å². The van der Waals surface area contributed by atoms with Gasteiger partial charge in [-0.05, 0) is 51.5 Å². The van der Waals surface area contributed by atoms with Crippen LogP contribution in [0.3, 0.4) is 0 Å². The zero-order chi connectivity index (χ0) is 22.7. The van der Waals surface area contributed by atoms with Crippen LogP contribution in [-0.4, -0.2) is 28.0 Å². The number of allylic oxidation sites excluding steroid dienone is 4. The van der Waals surface area contributed by atoms with Gasteiger partial charge in [0.25, 0.3) is 5.91 Å². The fraction of sp³-hybridized carbons (Fsp3) is 0.423. The number of carbonyl (C=O) groups excluding carboxylic acids is 1. The first-order chi connectivity index (χ1) is 15.5. The van der Waals surface area contributed by atoms with E-state index in [1.54, 1.807) is 0 Å². The highest BCUT2D eigenvalue weighted by molar-refractivity contribution is 8.14. The number of nitrogens with zero attached hydrogens (tertiary/aromatic N) is 3. The smallest absolute Gasteiger partial charge is 0.276 e. The maximum absolute atomic E-state index is 13.1. The van der Waals surface area contributed by atoms with Gasteiger partial charge in [0.2, 0.25) is 0 Å². The summed E-state index contributed by atoms with van der Waals surface area (Å²) in [6, 6.07) is 7.89. The average molecular weight is 449 g/mol. The molecule has 0 saturated heterocycles. The van der Waals surface area contributed by atoms with Crippen LogP contribution in [0.2, 0.25) is 0 Å². The van der Waals surface area contributed by atoms with Gasteiger partial charge in [0.1, 0.15) is 11.9 Å². The van der Waals surface area contributed by atoms with E-state index in [9.17, 15) is 4.79 Å². The SMILES string of the molecule is C=CCSC1=NN2C(=c3ccccc3=N[C@@H]2[C@H]2CC=C(CCC=C(C)C)C[C@H]2C)C(=O)N1. The van der Waals surface area contributed by atoms with Crippen LogP contribution in [0.1, 0.15) is 46.5 Å². The Bertz CT molecular complexity index is 1110. The highest BCUT2D eigenvalue weighted by atomic mass is 32.2. The molecule has 0 saturated carbocycles. The zero-order valence-corrected chi connectivity index (χ0v) is 20.0. The molecule has 1 aromatic carbocycles. The normalized spacial score (nSPS) is 24.3. The second-order valence-electron chi connectivity index (χ2n) is 8.98. The quantitative estimate of drug-likeness (QED) is 0.667. The van der Waals surface area contributed by atoms with Crippen LogP contribution in [0.15, 0.2) is 70.3 Å². The second-order valence-corrected chi connectivity index (χ2v) is 9.98. The van der Waals surface area contributed by atoms with Gasteiger partial charge in [0.05, 0.1) is 5.36 Å². The van der Waals surface area contributed by atoms with E-state index in [2.05, 4.69) is 44.8 Å². The van der Waals surface area contributed by atoms with E-state index >= 15 is 0 Å². The van der Waals surface area contributed by atoms with Crippen molar-refractivity contribution in [2.75, 3.05) is 5.75 Å². The van der Waals surface area contributed by atoms with Gasteiger partial charge in [0, 0.05) is 16.9 Å². The minimum atomic E-state index is -0.184. The number of hydrazone groups is 1. The monoisotopic (exact) mass is 448 g/mol. The van der Waals surface area contributed by atoms with Crippen molar-refractivity contribution >= 4 is 28.5 Å². The van der Waals surface area contributed by atoms with Gasteiger partial charge in [0.15, 0.2) is 5.17 Å². The topological polar surface area (TPSA) is 57.1 Å². The Balaban J connectivity index is 1.67. The highest BCUT2D eigenvalue weighted by Gasteiger charge is 2.40. The number of carbonyl (C=O) groups is 1. The third kappa shape index (κ3) is 4.75. The molecule has 2 heterocycles. The van der Waals surface area contributed by atoms with Crippen LogP contribution < -0.4 is 15.9 Å². The molecule has 32 heavy (non-hydrogen) atoms. The van der Waals surface area contributed by atoms with Crippen LogP contribution in [0.25, 0.3) is 5.70 Å². The standard InChI is InChI=1S/C26H32N4OS/c1-5-15-32-26-28-25(31)23-21-11-6-7-12-22(21)27-24(30(23)29-26)20-14-13-19(16-18(20)4)10-8-9-17(2)3/h5-7,9,11-13,18,20,24H,1,8,10,14-16H2,2-4H3,(H,28,29,31)/t18-,20+,24+/m1/s1. The van der Waals surface area contributed by atoms with E-state index in [0.29, 0.717) is 28.5 Å². The Morgan fingerprint density at radius 2 is 2.16 bits per heavy atom. The van der Waals surface area contributed by atoms with Gasteiger partial charge in [-0.15, -0.1) is 11.7 Å². The maximum atomic E-state index is 13.1. The number of amides is 1. The molecule has 3 atom stereocenters. The van der Waals surface area contributed by atoms with E-state index in [1.165, 1.54) is 22.9 Å². The molecular weight excluding hydrogens is 416 g/mol. The minimum Gasteiger partial charge on any atom is -0.298 e. The third-order valence-corrected chi connectivity index (χ3v) is 7.14. The van der Waals surface area contributed by atoms with Crippen molar-refractivity contribution < 1.29 is 4.79 Å². The summed E-state index contributed by atoms with van der Waals surface area (Å²) in [7, 11) is 0. The predicted molar refractivity (Wildman–Crippen MR) is 133 cm³/mol. The van der Waals surface area contributed by atoms with Crippen LogP contribution >= 0.6 is 11.8 Å². The fourth-order valence-electron chi connectivity index (χ4n) is 4.68. The molecule has 0 spiro atoms. The number of fused-ring (bicyclic) bond motifs is 2.